The summed E-state index contributed by atoms with van der Waals surface area (Å²) in [7, 11) is 0. The Labute approximate surface area is 269 Å². The van der Waals surface area contributed by atoms with Crippen LogP contribution in [0.2, 0.25) is 0 Å². The highest BCUT2D eigenvalue weighted by Gasteiger charge is 2.31. The van der Waals surface area contributed by atoms with E-state index in [1.54, 1.807) is 11.8 Å². The van der Waals surface area contributed by atoms with Crippen LogP contribution in [0.4, 0.5) is 5.69 Å². The number of amides is 1. The van der Waals surface area contributed by atoms with Gasteiger partial charge in [-0.25, -0.2) is 4.68 Å². The second kappa shape index (κ2) is 13.8. The van der Waals surface area contributed by atoms with Crippen LogP contribution in [0.1, 0.15) is 36.5 Å². The average Bonchev–Trinajstić information content (AvgIpc) is 3.63. The van der Waals surface area contributed by atoms with Gasteiger partial charge in [0.2, 0.25) is 0 Å². The van der Waals surface area contributed by atoms with E-state index in [1.807, 2.05) is 89.8 Å². The second-order valence-corrected chi connectivity index (χ2v) is 12.1. The van der Waals surface area contributed by atoms with Crippen LogP contribution in [0.5, 0.6) is 5.75 Å². The summed E-state index contributed by atoms with van der Waals surface area (Å²) >= 11 is 1.67. The minimum atomic E-state index is -0.157. The summed E-state index contributed by atoms with van der Waals surface area (Å²) < 4.78 is 7.90. The number of hydrogen-bond donors (Lipinski definition) is 0. The van der Waals surface area contributed by atoms with Gasteiger partial charge in [-0.2, -0.15) is 15.2 Å². The van der Waals surface area contributed by atoms with Crippen LogP contribution in [-0.4, -0.2) is 33.8 Å². The number of anilines is 1. The smallest absolute Gasteiger partial charge is 0.280 e. The molecular formula is C38H36N4O2S. The SMILES string of the molecule is CCCCOc1ccc(-c2nn(-c3ccccc3)cc2/C=C2\C(=O)N(c3ccccc3)N=C2CSc2ccc(C)cc2)cc1C. The Morgan fingerprint density at radius 3 is 2.27 bits per heavy atom. The first-order valence-corrected chi connectivity index (χ1v) is 16.3. The van der Waals surface area contributed by atoms with E-state index in [-0.39, 0.29) is 5.91 Å². The molecule has 2 heterocycles. The van der Waals surface area contributed by atoms with E-state index in [1.165, 1.54) is 10.6 Å². The highest BCUT2D eigenvalue weighted by atomic mass is 32.2. The van der Waals surface area contributed by atoms with Gasteiger partial charge in [-0.1, -0.05) is 67.4 Å². The van der Waals surface area contributed by atoms with Crippen molar-refractivity contribution >= 4 is 35.1 Å². The van der Waals surface area contributed by atoms with Crippen molar-refractivity contribution in [1.29, 1.82) is 0 Å². The molecule has 0 atom stereocenters. The molecule has 6 rings (SSSR count). The largest absolute Gasteiger partial charge is 0.493 e. The molecule has 0 spiro atoms. The number of aryl methyl sites for hydroxylation is 2. The van der Waals surface area contributed by atoms with Crippen molar-refractivity contribution in [2.45, 2.75) is 38.5 Å². The van der Waals surface area contributed by atoms with Crippen molar-refractivity contribution in [2.24, 2.45) is 5.10 Å². The second-order valence-electron chi connectivity index (χ2n) is 11.1. The number of ether oxygens (including phenoxy) is 1. The van der Waals surface area contributed by atoms with E-state index in [9.17, 15) is 4.79 Å². The molecule has 0 fully saturated rings. The number of aromatic nitrogens is 2. The third-order valence-corrected chi connectivity index (χ3v) is 8.64. The number of hydrogen-bond acceptors (Lipinski definition) is 5. The standard InChI is InChI=1S/C38H36N4O2S/c1-4-5-22-44-36-21-18-29(23-28(36)3)37-30(25-41(40-37)31-12-8-6-9-13-31)24-34-35(26-45-33-19-16-27(2)17-20-33)39-42(38(34)43)32-14-10-7-11-15-32/h6-21,23-25H,4-5,22,26H2,1-3H3/b34-24-. The highest BCUT2D eigenvalue weighted by Crippen LogP contribution is 2.33. The number of hydrazone groups is 1. The molecule has 0 saturated heterocycles. The molecule has 1 aliphatic heterocycles. The third-order valence-electron chi connectivity index (χ3n) is 7.62. The van der Waals surface area contributed by atoms with Crippen LogP contribution in [0.25, 0.3) is 23.0 Å². The van der Waals surface area contributed by atoms with Crippen LogP contribution in [-0.2, 0) is 4.79 Å². The summed E-state index contributed by atoms with van der Waals surface area (Å²) in [6.07, 6.45) is 6.03. The number of thioether (sulfide) groups is 1. The maximum atomic E-state index is 14.0. The van der Waals surface area contributed by atoms with Crippen LogP contribution < -0.4 is 9.75 Å². The number of carbonyl (C=O) groups excluding carboxylic acids is 1. The molecule has 0 aliphatic carbocycles. The van der Waals surface area contributed by atoms with E-state index < -0.39 is 0 Å². The van der Waals surface area contributed by atoms with E-state index in [0.29, 0.717) is 17.9 Å². The fraction of sp³-hybridized carbons (Fsp3) is 0.184. The van der Waals surface area contributed by atoms with Crippen LogP contribution in [0.15, 0.2) is 125 Å². The predicted molar refractivity (Wildman–Crippen MR) is 185 cm³/mol. The molecule has 6 nitrogen and oxygen atoms in total. The molecule has 1 aliphatic rings. The Bertz CT molecular complexity index is 1840. The maximum absolute atomic E-state index is 14.0. The van der Waals surface area contributed by atoms with Gasteiger partial charge in [0.25, 0.3) is 5.91 Å². The lowest BCUT2D eigenvalue weighted by Crippen LogP contribution is -2.21. The van der Waals surface area contributed by atoms with E-state index in [4.69, 9.17) is 14.9 Å². The van der Waals surface area contributed by atoms with Gasteiger partial charge >= 0.3 is 0 Å². The molecule has 5 aromatic rings. The number of benzene rings is 4. The molecule has 0 radical (unpaired) electrons. The normalized spacial score (nSPS) is 13.8. The van der Waals surface area contributed by atoms with Crippen molar-refractivity contribution in [3.05, 3.63) is 132 Å². The van der Waals surface area contributed by atoms with Crippen LogP contribution in [0.3, 0.4) is 0 Å². The van der Waals surface area contributed by atoms with Crippen molar-refractivity contribution in [3.8, 4) is 22.7 Å². The number of nitrogens with zero attached hydrogens (tertiary/aromatic N) is 4. The van der Waals surface area contributed by atoms with Gasteiger partial charge < -0.3 is 4.74 Å². The van der Waals surface area contributed by atoms with Gasteiger partial charge in [0, 0.05) is 28.0 Å². The molecular weight excluding hydrogens is 577 g/mol. The average molecular weight is 613 g/mol. The zero-order valence-corrected chi connectivity index (χ0v) is 26.6. The number of carbonyl (C=O) groups is 1. The zero-order chi connectivity index (χ0) is 31.2. The quantitative estimate of drug-likeness (QED) is 0.0849. The fourth-order valence-electron chi connectivity index (χ4n) is 5.11. The molecule has 7 heteroatoms. The van der Waals surface area contributed by atoms with Crippen molar-refractivity contribution in [1.82, 2.24) is 9.78 Å². The molecule has 0 bridgehead atoms. The zero-order valence-electron chi connectivity index (χ0n) is 25.8. The minimum absolute atomic E-state index is 0.157. The Morgan fingerprint density at radius 2 is 1.58 bits per heavy atom. The topological polar surface area (TPSA) is 59.7 Å². The molecule has 4 aromatic carbocycles. The number of para-hydroxylation sites is 2. The molecule has 45 heavy (non-hydrogen) atoms. The first-order valence-electron chi connectivity index (χ1n) is 15.3. The van der Waals surface area contributed by atoms with E-state index in [2.05, 4.69) is 51.1 Å². The molecule has 1 aromatic heterocycles. The van der Waals surface area contributed by atoms with Gasteiger partial charge in [-0.05, 0) is 86.5 Å². The van der Waals surface area contributed by atoms with Gasteiger partial charge in [-0.3, -0.25) is 4.79 Å². The molecule has 0 unspecified atom stereocenters. The van der Waals surface area contributed by atoms with E-state index >= 15 is 0 Å². The fourth-order valence-corrected chi connectivity index (χ4v) is 5.96. The first-order chi connectivity index (χ1) is 22.0. The molecule has 0 N–H and O–H groups in total. The summed E-state index contributed by atoms with van der Waals surface area (Å²) in [6.45, 7) is 6.99. The predicted octanol–water partition coefficient (Wildman–Crippen LogP) is 8.91. The lowest BCUT2D eigenvalue weighted by atomic mass is 10.0. The number of rotatable bonds is 11. The summed E-state index contributed by atoms with van der Waals surface area (Å²) in [5.41, 5.74) is 7.78. The first kappa shape index (κ1) is 30.2. The highest BCUT2D eigenvalue weighted by molar-refractivity contribution is 8.00. The number of unbranched alkanes of at least 4 members (excludes halogenated alkanes) is 1. The van der Waals surface area contributed by atoms with Gasteiger partial charge in [0.1, 0.15) is 5.75 Å². The Morgan fingerprint density at radius 1 is 0.867 bits per heavy atom. The lowest BCUT2D eigenvalue weighted by Gasteiger charge is -2.11. The molecule has 1 amide bonds. The summed E-state index contributed by atoms with van der Waals surface area (Å²) in [4.78, 5) is 15.1. The van der Waals surface area contributed by atoms with Crippen molar-refractivity contribution in [3.63, 3.8) is 0 Å². The maximum Gasteiger partial charge on any atom is 0.280 e. The Hall–Kier alpha value is -4.88. The van der Waals surface area contributed by atoms with Gasteiger partial charge in [0.05, 0.1) is 35.0 Å². The summed E-state index contributed by atoms with van der Waals surface area (Å²) in [6, 6.07) is 34.2. The summed E-state index contributed by atoms with van der Waals surface area (Å²) in [5, 5.41) is 11.4. The lowest BCUT2D eigenvalue weighted by molar-refractivity contribution is -0.114. The molecule has 226 valence electrons. The Balaban J connectivity index is 1.41. The monoisotopic (exact) mass is 612 g/mol. The minimum Gasteiger partial charge on any atom is -0.493 e. The van der Waals surface area contributed by atoms with Gasteiger partial charge in [0.15, 0.2) is 0 Å². The van der Waals surface area contributed by atoms with Crippen LogP contribution in [0, 0.1) is 13.8 Å². The Kier molecular flexibility index (Phi) is 9.27. The van der Waals surface area contributed by atoms with Crippen LogP contribution >= 0.6 is 11.8 Å². The van der Waals surface area contributed by atoms with Crippen molar-refractivity contribution in [2.75, 3.05) is 17.4 Å². The van der Waals surface area contributed by atoms with E-state index in [0.717, 1.165) is 63.0 Å². The summed E-state index contributed by atoms with van der Waals surface area (Å²) in [5.74, 6) is 1.27. The van der Waals surface area contributed by atoms with Crippen molar-refractivity contribution < 1.29 is 9.53 Å². The third kappa shape index (κ3) is 6.94. The van der Waals surface area contributed by atoms with Gasteiger partial charge in [-0.15, -0.1) is 11.8 Å². The molecule has 0 saturated carbocycles.